The van der Waals surface area contributed by atoms with Gasteiger partial charge in [-0.15, -0.1) is 0 Å². The molecule has 1 N–H and O–H groups in total. The Morgan fingerprint density at radius 1 is 1.53 bits per heavy atom. The summed E-state index contributed by atoms with van der Waals surface area (Å²) in [6.45, 7) is 6.03. The van der Waals surface area contributed by atoms with Crippen LogP contribution in [0.25, 0.3) is 0 Å². The van der Waals surface area contributed by atoms with Crippen molar-refractivity contribution >= 4 is 0 Å². The summed E-state index contributed by atoms with van der Waals surface area (Å²) < 4.78 is 7.07. The molecule has 0 bridgehead atoms. The van der Waals surface area contributed by atoms with Crippen molar-refractivity contribution in [1.82, 2.24) is 9.55 Å². The molecule has 0 radical (unpaired) electrons. The molecule has 0 aliphatic heterocycles. The van der Waals surface area contributed by atoms with Crippen LogP contribution in [0.1, 0.15) is 26.0 Å². The maximum absolute atomic E-state index is 9.09. The van der Waals surface area contributed by atoms with Crippen LogP contribution in [0.3, 0.4) is 0 Å². The van der Waals surface area contributed by atoms with Gasteiger partial charge in [0.25, 0.3) is 0 Å². The molecular formula is C11H20N2O2. The molecular weight excluding hydrogens is 192 g/mol. The highest BCUT2D eigenvalue weighted by molar-refractivity contribution is 4.97. The molecule has 1 aromatic rings. The Balaban J connectivity index is 2.59. The average molecular weight is 212 g/mol. The van der Waals surface area contributed by atoms with E-state index in [1.807, 2.05) is 4.57 Å². The number of methoxy groups -OCH3 is 1. The minimum Gasteiger partial charge on any atom is -0.390 e. The van der Waals surface area contributed by atoms with Crippen LogP contribution in [0.2, 0.25) is 0 Å². The first-order valence-electron chi connectivity index (χ1n) is 5.18. The summed E-state index contributed by atoms with van der Waals surface area (Å²) in [5.41, 5.74) is 1.01. The summed E-state index contributed by atoms with van der Waals surface area (Å²) in [5, 5.41) is 9.09. The zero-order chi connectivity index (χ0) is 11.3. The Morgan fingerprint density at radius 3 is 2.87 bits per heavy atom. The summed E-state index contributed by atoms with van der Waals surface area (Å²) >= 11 is 0. The number of aromatic nitrogens is 2. The van der Waals surface area contributed by atoms with E-state index in [4.69, 9.17) is 9.84 Å². The van der Waals surface area contributed by atoms with Gasteiger partial charge in [-0.25, -0.2) is 4.98 Å². The standard InChI is InChI=1S/C11H20N2O2/c1-11(2,4-5-15-3)8-13-9-12-6-10(13)7-14/h6,9,14H,4-5,7-8H2,1-3H3. The van der Waals surface area contributed by atoms with E-state index in [0.717, 1.165) is 25.3 Å². The van der Waals surface area contributed by atoms with Gasteiger partial charge in [-0.1, -0.05) is 13.8 Å². The highest BCUT2D eigenvalue weighted by Gasteiger charge is 2.19. The van der Waals surface area contributed by atoms with E-state index < -0.39 is 0 Å². The van der Waals surface area contributed by atoms with E-state index in [9.17, 15) is 0 Å². The summed E-state index contributed by atoms with van der Waals surface area (Å²) in [4.78, 5) is 4.03. The Bertz CT molecular complexity index is 295. The molecule has 0 amide bonds. The molecule has 0 atom stereocenters. The predicted octanol–water partition coefficient (Wildman–Crippen LogP) is 1.44. The molecule has 0 unspecified atom stereocenters. The van der Waals surface area contributed by atoms with E-state index in [-0.39, 0.29) is 12.0 Å². The first kappa shape index (κ1) is 12.2. The summed E-state index contributed by atoms with van der Waals surface area (Å²) in [6, 6.07) is 0. The predicted molar refractivity (Wildman–Crippen MR) is 58.4 cm³/mol. The molecule has 0 fully saturated rings. The first-order chi connectivity index (χ1) is 7.09. The first-order valence-corrected chi connectivity index (χ1v) is 5.18. The summed E-state index contributed by atoms with van der Waals surface area (Å²) in [5.74, 6) is 0. The van der Waals surface area contributed by atoms with Gasteiger partial charge >= 0.3 is 0 Å². The second-order valence-electron chi connectivity index (χ2n) is 4.58. The van der Waals surface area contributed by atoms with Crippen LogP contribution in [0.4, 0.5) is 0 Å². The lowest BCUT2D eigenvalue weighted by Gasteiger charge is -2.25. The molecule has 4 heteroatoms. The van der Waals surface area contributed by atoms with Crippen molar-refractivity contribution < 1.29 is 9.84 Å². The average Bonchev–Trinajstić information content (AvgIpc) is 2.61. The Hall–Kier alpha value is -0.870. The molecule has 0 spiro atoms. The fourth-order valence-electron chi connectivity index (χ4n) is 1.54. The fourth-order valence-corrected chi connectivity index (χ4v) is 1.54. The summed E-state index contributed by atoms with van der Waals surface area (Å²) in [7, 11) is 1.71. The lowest BCUT2D eigenvalue weighted by Crippen LogP contribution is -2.22. The third-order valence-corrected chi connectivity index (χ3v) is 2.54. The van der Waals surface area contributed by atoms with E-state index in [1.54, 1.807) is 19.6 Å². The van der Waals surface area contributed by atoms with Gasteiger partial charge in [-0.3, -0.25) is 0 Å². The molecule has 4 nitrogen and oxygen atoms in total. The van der Waals surface area contributed by atoms with Crippen LogP contribution < -0.4 is 0 Å². The highest BCUT2D eigenvalue weighted by atomic mass is 16.5. The van der Waals surface area contributed by atoms with E-state index in [2.05, 4.69) is 18.8 Å². The lowest BCUT2D eigenvalue weighted by atomic mass is 9.89. The Kier molecular flexibility index (Phi) is 4.29. The molecule has 1 heterocycles. The maximum atomic E-state index is 9.09. The van der Waals surface area contributed by atoms with Gasteiger partial charge in [0, 0.05) is 20.3 Å². The van der Waals surface area contributed by atoms with Gasteiger partial charge in [0.15, 0.2) is 0 Å². The highest BCUT2D eigenvalue weighted by Crippen LogP contribution is 2.23. The molecule has 86 valence electrons. The van der Waals surface area contributed by atoms with Gasteiger partial charge in [-0.2, -0.15) is 0 Å². The topological polar surface area (TPSA) is 47.3 Å². The zero-order valence-corrected chi connectivity index (χ0v) is 9.73. The number of imidazole rings is 1. The zero-order valence-electron chi connectivity index (χ0n) is 9.73. The normalized spacial score (nSPS) is 12.0. The largest absolute Gasteiger partial charge is 0.390 e. The van der Waals surface area contributed by atoms with Crippen molar-refractivity contribution in [2.75, 3.05) is 13.7 Å². The third-order valence-electron chi connectivity index (χ3n) is 2.54. The van der Waals surface area contributed by atoms with Gasteiger partial charge in [-0.05, 0) is 11.8 Å². The van der Waals surface area contributed by atoms with Crippen molar-refractivity contribution in [3.63, 3.8) is 0 Å². The van der Waals surface area contributed by atoms with Crippen LogP contribution in [0, 0.1) is 5.41 Å². The van der Waals surface area contributed by atoms with Gasteiger partial charge in [0.05, 0.1) is 24.8 Å². The van der Waals surface area contributed by atoms with Gasteiger partial charge < -0.3 is 14.4 Å². The monoisotopic (exact) mass is 212 g/mol. The third kappa shape index (κ3) is 3.64. The number of nitrogens with zero attached hydrogens (tertiary/aromatic N) is 2. The number of aliphatic hydroxyl groups is 1. The van der Waals surface area contributed by atoms with E-state index in [0.29, 0.717) is 0 Å². The Labute approximate surface area is 90.9 Å². The molecule has 15 heavy (non-hydrogen) atoms. The minimum atomic E-state index is 0.0420. The van der Waals surface area contributed by atoms with E-state index >= 15 is 0 Å². The molecule has 0 saturated carbocycles. The summed E-state index contributed by atoms with van der Waals surface area (Å²) in [6.07, 6.45) is 4.46. The quantitative estimate of drug-likeness (QED) is 0.776. The lowest BCUT2D eigenvalue weighted by molar-refractivity contribution is 0.140. The van der Waals surface area contributed by atoms with E-state index in [1.165, 1.54) is 0 Å². The molecule has 1 rings (SSSR count). The minimum absolute atomic E-state index is 0.0420. The van der Waals surface area contributed by atoms with Crippen molar-refractivity contribution in [3.05, 3.63) is 18.2 Å². The van der Waals surface area contributed by atoms with Crippen LogP contribution >= 0.6 is 0 Å². The molecule has 0 aliphatic rings. The molecule has 0 saturated heterocycles. The van der Waals surface area contributed by atoms with Crippen LogP contribution in [-0.4, -0.2) is 28.4 Å². The molecule has 1 aromatic heterocycles. The van der Waals surface area contributed by atoms with Crippen molar-refractivity contribution in [2.24, 2.45) is 5.41 Å². The fraction of sp³-hybridized carbons (Fsp3) is 0.727. The smallest absolute Gasteiger partial charge is 0.0949 e. The van der Waals surface area contributed by atoms with Crippen molar-refractivity contribution in [3.8, 4) is 0 Å². The SMILES string of the molecule is COCCC(C)(C)Cn1cncc1CO. The molecule has 0 aliphatic carbocycles. The van der Waals surface area contributed by atoms with Gasteiger partial charge in [0.1, 0.15) is 0 Å². The second-order valence-corrected chi connectivity index (χ2v) is 4.58. The van der Waals surface area contributed by atoms with Crippen LogP contribution in [0.5, 0.6) is 0 Å². The number of ether oxygens (including phenoxy) is 1. The Morgan fingerprint density at radius 2 is 2.27 bits per heavy atom. The van der Waals surface area contributed by atoms with Crippen molar-refractivity contribution in [1.29, 1.82) is 0 Å². The number of rotatable bonds is 6. The number of hydrogen-bond donors (Lipinski definition) is 1. The number of aliphatic hydroxyl groups excluding tert-OH is 1. The van der Waals surface area contributed by atoms with Gasteiger partial charge in [0.2, 0.25) is 0 Å². The maximum Gasteiger partial charge on any atom is 0.0949 e. The van der Waals surface area contributed by atoms with Crippen LogP contribution in [-0.2, 0) is 17.9 Å². The van der Waals surface area contributed by atoms with Crippen molar-refractivity contribution in [2.45, 2.75) is 33.4 Å². The second kappa shape index (κ2) is 5.28. The van der Waals surface area contributed by atoms with Crippen LogP contribution in [0.15, 0.2) is 12.5 Å². The number of hydrogen-bond acceptors (Lipinski definition) is 3. The molecule has 0 aromatic carbocycles.